The van der Waals surface area contributed by atoms with Gasteiger partial charge in [0.2, 0.25) is 15.9 Å². The highest BCUT2D eigenvalue weighted by Gasteiger charge is 2.25. The molecule has 0 unspecified atom stereocenters. The van der Waals surface area contributed by atoms with E-state index in [4.69, 9.17) is 0 Å². The second-order valence-corrected chi connectivity index (χ2v) is 9.73. The molecule has 0 aliphatic carbocycles. The lowest BCUT2D eigenvalue weighted by Gasteiger charge is -2.22. The number of rotatable bonds is 8. The molecule has 0 saturated heterocycles. The zero-order valence-corrected chi connectivity index (χ0v) is 18.6. The Kier molecular flexibility index (Phi) is 7.33. The van der Waals surface area contributed by atoms with Gasteiger partial charge in [-0.15, -0.1) is 0 Å². The van der Waals surface area contributed by atoms with E-state index in [0.29, 0.717) is 5.69 Å². The van der Waals surface area contributed by atoms with Gasteiger partial charge in [-0.2, -0.15) is 4.31 Å². The molecule has 0 atom stereocenters. The van der Waals surface area contributed by atoms with Crippen molar-refractivity contribution in [2.24, 2.45) is 0 Å². The van der Waals surface area contributed by atoms with Crippen molar-refractivity contribution in [2.75, 3.05) is 18.9 Å². The minimum absolute atomic E-state index is 0.172. The van der Waals surface area contributed by atoms with Crippen molar-refractivity contribution in [1.29, 1.82) is 0 Å². The molecule has 0 aliphatic rings. The number of hydrogen-bond donors (Lipinski definition) is 1. The monoisotopic (exact) mass is 433 g/mol. The standard InChI is InChI=1S/C21H27N3O5S/c1-14(2)18-10-7-11-19(15(3)4)21(18)22-20(25)13-23(5)30(28,29)17-9-6-8-16(12-17)24(26)27/h6-12,14-15H,13H2,1-5H3,(H,22,25). The van der Waals surface area contributed by atoms with Gasteiger partial charge in [0.15, 0.2) is 0 Å². The van der Waals surface area contributed by atoms with Gasteiger partial charge in [-0.1, -0.05) is 52.0 Å². The Morgan fingerprint density at radius 3 is 2.10 bits per heavy atom. The number of sulfonamides is 1. The fourth-order valence-electron chi connectivity index (χ4n) is 3.10. The Balaban J connectivity index is 2.27. The number of nitrogens with one attached hydrogen (secondary N) is 1. The van der Waals surface area contributed by atoms with Crippen LogP contribution >= 0.6 is 0 Å². The third kappa shape index (κ3) is 5.22. The first-order valence-corrected chi connectivity index (χ1v) is 11.0. The minimum Gasteiger partial charge on any atom is -0.324 e. The predicted octanol–water partition coefficient (Wildman–Crippen LogP) is 4.10. The van der Waals surface area contributed by atoms with Gasteiger partial charge in [-0.25, -0.2) is 8.42 Å². The van der Waals surface area contributed by atoms with E-state index in [0.717, 1.165) is 21.5 Å². The third-order valence-corrected chi connectivity index (χ3v) is 6.54. The molecule has 9 heteroatoms. The summed E-state index contributed by atoms with van der Waals surface area (Å²) >= 11 is 0. The number of amides is 1. The van der Waals surface area contributed by atoms with Crippen molar-refractivity contribution in [3.8, 4) is 0 Å². The largest absolute Gasteiger partial charge is 0.324 e. The summed E-state index contributed by atoms with van der Waals surface area (Å²) < 4.78 is 26.4. The average molecular weight is 434 g/mol. The summed E-state index contributed by atoms with van der Waals surface area (Å²) in [5.74, 6) is -0.142. The minimum atomic E-state index is -4.07. The van der Waals surface area contributed by atoms with E-state index in [1.165, 1.54) is 25.2 Å². The number of benzene rings is 2. The van der Waals surface area contributed by atoms with Crippen LogP contribution in [0.25, 0.3) is 0 Å². The van der Waals surface area contributed by atoms with Gasteiger partial charge in [0.05, 0.1) is 16.4 Å². The first-order valence-electron chi connectivity index (χ1n) is 9.58. The summed E-state index contributed by atoms with van der Waals surface area (Å²) in [7, 11) is -2.80. The Bertz CT molecular complexity index is 1020. The molecule has 0 fully saturated rings. The molecule has 2 aromatic rings. The molecule has 2 rings (SSSR count). The number of anilines is 1. The van der Waals surface area contributed by atoms with Crippen LogP contribution in [-0.2, 0) is 14.8 Å². The first-order chi connectivity index (χ1) is 13.9. The van der Waals surface area contributed by atoms with Crippen LogP contribution in [0.5, 0.6) is 0 Å². The number of likely N-dealkylation sites (N-methyl/N-ethyl adjacent to an activating group) is 1. The molecule has 162 valence electrons. The second kappa shape index (κ2) is 9.36. The van der Waals surface area contributed by atoms with E-state index in [9.17, 15) is 23.3 Å². The van der Waals surface area contributed by atoms with Crippen molar-refractivity contribution in [3.63, 3.8) is 0 Å². The van der Waals surface area contributed by atoms with Crippen LogP contribution in [0.2, 0.25) is 0 Å². The smallest absolute Gasteiger partial charge is 0.270 e. The number of nitrogens with zero attached hydrogens (tertiary/aromatic N) is 2. The molecule has 0 aromatic heterocycles. The molecular weight excluding hydrogens is 406 g/mol. The average Bonchev–Trinajstić information content (AvgIpc) is 2.67. The molecule has 8 nitrogen and oxygen atoms in total. The number of para-hydroxylation sites is 1. The van der Waals surface area contributed by atoms with Gasteiger partial charge in [-0.05, 0) is 29.0 Å². The Hall–Kier alpha value is -2.78. The van der Waals surface area contributed by atoms with Gasteiger partial charge >= 0.3 is 0 Å². The van der Waals surface area contributed by atoms with Crippen molar-refractivity contribution in [2.45, 2.75) is 44.4 Å². The summed E-state index contributed by atoms with van der Waals surface area (Å²) in [4.78, 5) is 22.7. The lowest BCUT2D eigenvalue weighted by Crippen LogP contribution is -2.35. The maximum Gasteiger partial charge on any atom is 0.270 e. The van der Waals surface area contributed by atoms with Crippen LogP contribution in [0.1, 0.15) is 50.7 Å². The zero-order chi connectivity index (χ0) is 22.6. The maximum atomic E-state index is 12.8. The molecular formula is C21H27N3O5S. The second-order valence-electron chi connectivity index (χ2n) is 7.68. The zero-order valence-electron chi connectivity index (χ0n) is 17.7. The molecule has 0 aliphatic heterocycles. The SMILES string of the molecule is CC(C)c1cccc(C(C)C)c1NC(=O)CN(C)S(=O)(=O)c1cccc([N+](=O)[O-])c1. The summed E-state index contributed by atoms with van der Waals surface area (Å²) in [6, 6.07) is 10.6. The van der Waals surface area contributed by atoms with Crippen LogP contribution < -0.4 is 5.32 Å². The van der Waals surface area contributed by atoms with Crippen LogP contribution in [0.15, 0.2) is 47.4 Å². The van der Waals surface area contributed by atoms with Crippen LogP contribution in [-0.4, -0.2) is 37.1 Å². The van der Waals surface area contributed by atoms with Gasteiger partial charge in [0, 0.05) is 24.9 Å². The third-order valence-electron chi connectivity index (χ3n) is 4.74. The number of carbonyl (C=O) groups excluding carboxylic acids is 1. The molecule has 1 amide bonds. The topological polar surface area (TPSA) is 110 Å². The summed E-state index contributed by atoms with van der Waals surface area (Å²) in [6.07, 6.45) is 0. The Morgan fingerprint density at radius 2 is 1.60 bits per heavy atom. The predicted molar refractivity (Wildman–Crippen MR) is 116 cm³/mol. The number of carbonyl (C=O) groups is 1. The van der Waals surface area contributed by atoms with Crippen molar-refractivity contribution < 1.29 is 18.1 Å². The summed E-state index contributed by atoms with van der Waals surface area (Å²) in [6.45, 7) is 7.67. The van der Waals surface area contributed by atoms with Gasteiger partial charge in [0.1, 0.15) is 0 Å². The fourth-order valence-corrected chi connectivity index (χ4v) is 4.27. The van der Waals surface area contributed by atoms with Crippen LogP contribution in [0, 0.1) is 10.1 Å². The van der Waals surface area contributed by atoms with Crippen LogP contribution in [0.4, 0.5) is 11.4 Å². The Labute approximate surface area is 177 Å². The van der Waals surface area contributed by atoms with E-state index in [-0.39, 0.29) is 22.4 Å². The number of hydrogen-bond acceptors (Lipinski definition) is 5. The molecule has 0 bridgehead atoms. The van der Waals surface area contributed by atoms with E-state index in [1.807, 2.05) is 45.9 Å². The number of non-ortho nitro benzene ring substituents is 1. The van der Waals surface area contributed by atoms with E-state index in [2.05, 4.69) is 5.32 Å². The van der Waals surface area contributed by atoms with Gasteiger partial charge in [0.25, 0.3) is 5.69 Å². The molecule has 0 radical (unpaired) electrons. The molecule has 0 spiro atoms. The molecule has 30 heavy (non-hydrogen) atoms. The molecule has 0 heterocycles. The lowest BCUT2D eigenvalue weighted by atomic mass is 9.92. The first kappa shape index (κ1) is 23.5. The van der Waals surface area contributed by atoms with E-state index < -0.39 is 27.4 Å². The van der Waals surface area contributed by atoms with Gasteiger partial charge < -0.3 is 5.32 Å². The fraction of sp³-hybridized carbons (Fsp3) is 0.381. The van der Waals surface area contributed by atoms with Crippen LogP contribution in [0.3, 0.4) is 0 Å². The molecule has 2 aromatic carbocycles. The quantitative estimate of drug-likeness (QED) is 0.498. The van der Waals surface area contributed by atoms with E-state index >= 15 is 0 Å². The summed E-state index contributed by atoms with van der Waals surface area (Å²) in [5, 5.41) is 13.8. The normalized spacial score (nSPS) is 11.9. The lowest BCUT2D eigenvalue weighted by molar-refractivity contribution is -0.385. The molecule has 0 saturated carbocycles. The number of nitro groups is 1. The highest BCUT2D eigenvalue weighted by Crippen LogP contribution is 2.32. The van der Waals surface area contributed by atoms with Gasteiger partial charge in [-0.3, -0.25) is 14.9 Å². The summed E-state index contributed by atoms with van der Waals surface area (Å²) in [5.41, 5.74) is 2.31. The van der Waals surface area contributed by atoms with Crippen molar-refractivity contribution in [3.05, 3.63) is 63.7 Å². The van der Waals surface area contributed by atoms with Crippen molar-refractivity contribution in [1.82, 2.24) is 4.31 Å². The number of nitro benzene ring substituents is 1. The maximum absolute atomic E-state index is 12.8. The highest BCUT2D eigenvalue weighted by atomic mass is 32.2. The van der Waals surface area contributed by atoms with Crippen molar-refractivity contribution >= 4 is 27.3 Å². The van der Waals surface area contributed by atoms with E-state index in [1.54, 1.807) is 0 Å². The Morgan fingerprint density at radius 1 is 1.07 bits per heavy atom. The highest BCUT2D eigenvalue weighted by molar-refractivity contribution is 7.89. The molecule has 1 N–H and O–H groups in total.